The second-order valence-electron chi connectivity index (χ2n) is 6.00. The second kappa shape index (κ2) is 9.06. The van der Waals surface area contributed by atoms with Gasteiger partial charge in [0.2, 0.25) is 0 Å². The normalized spacial score (nSPS) is 18.8. The topological polar surface area (TPSA) is 32.7 Å². The van der Waals surface area contributed by atoms with E-state index in [9.17, 15) is 5.11 Å². The molecule has 118 valence electrons. The number of β-amino-alcohol motifs (C(OH)–C–C–N with tert-alkyl or cyclic N) is 1. The van der Waals surface area contributed by atoms with E-state index >= 15 is 0 Å². The van der Waals surface area contributed by atoms with E-state index in [0.29, 0.717) is 0 Å². The smallest absolute Gasteiger partial charge is 0.119 e. The number of nitrogens with zero attached hydrogens (tertiary/aromatic N) is 1. The molecule has 1 aromatic rings. The number of ether oxygens (including phenoxy) is 1. The average Bonchev–Trinajstić information content (AvgIpc) is 2.48. The Morgan fingerprint density at radius 3 is 2.29 bits per heavy atom. The molecule has 0 radical (unpaired) electrons. The van der Waals surface area contributed by atoms with Crippen molar-refractivity contribution in [2.24, 2.45) is 0 Å². The summed E-state index contributed by atoms with van der Waals surface area (Å²) in [6.07, 6.45) is 7.17. The summed E-state index contributed by atoms with van der Waals surface area (Å²) in [4.78, 5) is 2.41. The molecule has 0 aliphatic carbocycles. The van der Waals surface area contributed by atoms with E-state index in [-0.39, 0.29) is 0 Å². The van der Waals surface area contributed by atoms with Crippen LogP contribution < -0.4 is 4.74 Å². The second-order valence-corrected chi connectivity index (χ2v) is 6.00. The minimum atomic E-state index is -0.398. The molecular weight excluding hydrogens is 262 g/mol. The molecule has 1 aliphatic rings. The highest BCUT2D eigenvalue weighted by Crippen LogP contribution is 2.20. The highest BCUT2D eigenvalue weighted by atomic mass is 16.5. The molecule has 0 spiro atoms. The Labute approximate surface area is 128 Å². The van der Waals surface area contributed by atoms with Gasteiger partial charge in [0.15, 0.2) is 0 Å². The number of hydrogen-bond acceptors (Lipinski definition) is 3. The lowest BCUT2D eigenvalue weighted by Crippen LogP contribution is -2.31. The quantitative estimate of drug-likeness (QED) is 0.866. The molecule has 2 rings (SSSR count). The molecule has 0 saturated carbocycles. The summed E-state index contributed by atoms with van der Waals surface area (Å²) in [5, 5.41) is 10.4. The summed E-state index contributed by atoms with van der Waals surface area (Å²) >= 11 is 0. The van der Waals surface area contributed by atoms with Gasteiger partial charge in [-0.05, 0) is 50.0 Å². The standard InChI is InChI=1S/C18H29NO2/c1-2-14-21-17-10-8-16(9-11-17)18(20)15-19-12-6-4-3-5-7-13-19/h8-11,18,20H,2-7,12-15H2,1H3. The van der Waals surface area contributed by atoms with Crippen LogP contribution in [0.2, 0.25) is 0 Å². The molecular formula is C18H29NO2. The van der Waals surface area contributed by atoms with Crippen molar-refractivity contribution >= 4 is 0 Å². The minimum absolute atomic E-state index is 0.398. The first kappa shape index (κ1) is 16.3. The number of rotatable bonds is 6. The molecule has 1 saturated heterocycles. The highest BCUT2D eigenvalue weighted by molar-refractivity contribution is 5.28. The van der Waals surface area contributed by atoms with Crippen LogP contribution in [0.15, 0.2) is 24.3 Å². The maximum Gasteiger partial charge on any atom is 0.119 e. The van der Waals surface area contributed by atoms with Crippen molar-refractivity contribution in [3.63, 3.8) is 0 Å². The fourth-order valence-corrected chi connectivity index (χ4v) is 2.85. The van der Waals surface area contributed by atoms with Gasteiger partial charge >= 0.3 is 0 Å². The minimum Gasteiger partial charge on any atom is -0.494 e. The highest BCUT2D eigenvalue weighted by Gasteiger charge is 2.14. The summed E-state index contributed by atoms with van der Waals surface area (Å²) < 4.78 is 5.58. The monoisotopic (exact) mass is 291 g/mol. The Morgan fingerprint density at radius 2 is 1.67 bits per heavy atom. The van der Waals surface area contributed by atoms with E-state index in [1.54, 1.807) is 0 Å². The molecule has 1 aliphatic heterocycles. The Balaban J connectivity index is 1.85. The van der Waals surface area contributed by atoms with Crippen molar-refractivity contribution in [1.29, 1.82) is 0 Å². The zero-order valence-corrected chi connectivity index (χ0v) is 13.3. The zero-order valence-electron chi connectivity index (χ0n) is 13.3. The van der Waals surface area contributed by atoms with Crippen molar-refractivity contribution in [3.05, 3.63) is 29.8 Å². The molecule has 3 heteroatoms. The number of benzene rings is 1. The Bertz CT molecular complexity index is 383. The van der Waals surface area contributed by atoms with Gasteiger partial charge in [-0.15, -0.1) is 0 Å². The molecule has 3 nitrogen and oxygen atoms in total. The van der Waals surface area contributed by atoms with Crippen molar-refractivity contribution < 1.29 is 9.84 Å². The predicted octanol–water partition coefficient (Wildman–Crippen LogP) is 3.77. The third-order valence-corrected chi connectivity index (χ3v) is 4.12. The SMILES string of the molecule is CCCOc1ccc(C(O)CN2CCCCCCC2)cc1. The molecule has 1 unspecified atom stereocenters. The van der Waals surface area contributed by atoms with Gasteiger partial charge in [0.1, 0.15) is 5.75 Å². The van der Waals surface area contributed by atoms with Crippen LogP contribution in [0.4, 0.5) is 0 Å². The molecule has 1 atom stereocenters. The maximum atomic E-state index is 10.4. The predicted molar refractivity (Wildman–Crippen MR) is 86.7 cm³/mol. The first-order valence-corrected chi connectivity index (χ1v) is 8.43. The van der Waals surface area contributed by atoms with Crippen LogP contribution in [-0.2, 0) is 0 Å². The van der Waals surface area contributed by atoms with Crippen LogP contribution in [0.25, 0.3) is 0 Å². The van der Waals surface area contributed by atoms with Gasteiger partial charge in [0.25, 0.3) is 0 Å². The first-order chi connectivity index (χ1) is 10.3. The van der Waals surface area contributed by atoms with Gasteiger partial charge in [-0.1, -0.05) is 38.3 Å². The molecule has 1 fully saturated rings. The lowest BCUT2D eigenvalue weighted by atomic mass is 10.1. The number of hydrogen-bond donors (Lipinski definition) is 1. The molecule has 1 aromatic carbocycles. The van der Waals surface area contributed by atoms with E-state index in [1.165, 1.54) is 32.1 Å². The lowest BCUT2D eigenvalue weighted by molar-refractivity contribution is 0.108. The van der Waals surface area contributed by atoms with Gasteiger partial charge in [0, 0.05) is 6.54 Å². The zero-order chi connectivity index (χ0) is 14.9. The Morgan fingerprint density at radius 1 is 1.05 bits per heavy atom. The molecule has 21 heavy (non-hydrogen) atoms. The van der Waals surface area contributed by atoms with Crippen LogP contribution in [0.5, 0.6) is 5.75 Å². The van der Waals surface area contributed by atoms with Crippen LogP contribution in [0.3, 0.4) is 0 Å². The average molecular weight is 291 g/mol. The van der Waals surface area contributed by atoms with Crippen LogP contribution in [0.1, 0.15) is 57.1 Å². The molecule has 1 heterocycles. The van der Waals surface area contributed by atoms with Gasteiger partial charge < -0.3 is 14.7 Å². The van der Waals surface area contributed by atoms with E-state index in [0.717, 1.165) is 44.0 Å². The van der Waals surface area contributed by atoms with Crippen molar-refractivity contribution in [2.45, 2.75) is 51.6 Å². The van der Waals surface area contributed by atoms with Crippen LogP contribution in [-0.4, -0.2) is 36.2 Å². The number of likely N-dealkylation sites (tertiary alicyclic amines) is 1. The van der Waals surface area contributed by atoms with Crippen molar-refractivity contribution in [3.8, 4) is 5.75 Å². The number of aliphatic hydroxyl groups excluding tert-OH is 1. The molecule has 1 N–H and O–H groups in total. The van der Waals surface area contributed by atoms with Crippen molar-refractivity contribution in [1.82, 2.24) is 4.90 Å². The fourth-order valence-electron chi connectivity index (χ4n) is 2.85. The van der Waals surface area contributed by atoms with Gasteiger partial charge in [-0.25, -0.2) is 0 Å². The third kappa shape index (κ3) is 5.68. The van der Waals surface area contributed by atoms with E-state index in [4.69, 9.17) is 4.74 Å². The van der Waals surface area contributed by atoms with Crippen LogP contribution >= 0.6 is 0 Å². The van der Waals surface area contributed by atoms with E-state index in [1.807, 2.05) is 24.3 Å². The van der Waals surface area contributed by atoms with Gasteiger partial charge in [0.05, 0.1) is 12.7 Å². The summed E-state index contributed by atoms with van der Waals surface area (Å²) in [6, 6.07) is 7.89. The molecule has 0 amide bonds. The van der Waals surface area contributed by atoms with Crippen LogP contribution in [0, 0.1) is 0 Å². The number of aliphatic hydroxyl groups is 1. The maximum absolute atomic E-state index is 10.4. The van der Waals surface area contributed by atoms with Gasteiger partial charge in [-0.2, -0.15) is 0 Å². The van der Waals surface area contributed by atoms with E-state index < -0.39 is 6.10 Å². The summed E-state index contributed by atoms with van der Waals surface area (Å²) in [5.41, 5.74) is 0.987. The Hall–Kier alpha value is -1.06. The lowest BCUT2D eigenvalue weighted by Gasteiger charge is -2.27. The van der Waals surface area contributed by atoms with Gasteiger partial charge in [-0.3, -0.25) is 0 Å². The first-order valence-electron chi connectivity index (χ1n) is 8.43. The summed E-state index contributed by atoms with van der Waals surface area (Å²) in [7, 11) is 0. The summed E-state index contributed by atoms with van der Waals surface area (Å²) in [5.74, 6) is 0.888. The molecule has 0 aromatic heterocycles. The Kier molecular flexibility index (Phi) is 7.04. The largest absolute Gasteiger partial charge is 0.494 e. The van der Waals surface area contributed by atoms with E-state index in [2.05, 4.69) is 11.8 Å². The summed E-state index contributed by atoms with van der Waals surface area (Å²) in [6.45, 7) is 5.83. The molecule has 0 bridgehead atoms. The third-order valence-electron chi connectivity index (χ3n) is 4.12. The van der Waals surface area contributed by atoms with Crippen molar-refractivity contribution in [2.75, 3.05) is 26.2 Å². The fraction of sp³-hybridized carbons (Fsp3) is 0.667.